The summed E-state index contributed by atoms with van der Waals surface area (Å²) in [6.45, 7) is -1.05. The van der Waals surface area contributed by atoms with E-state index in [1.807, 2.05) is 0 Å². The van der Waals surface area contributed by atoms with Gasteiger partial charge in [0.2, 0.25) is 0 Å². The first kappa shape index (κ1) is 22.8. The molecule has 2 aromatic rings. The summed E-state index contributed by atoms with van der Waals surface area (Å²) in [6, 6.07) is 8.40. The smallest absolute Gasteiger partial charge is 0.419 e. The van der Waals surface area contributed by atoms with Crippen LogP contribution in [0.1, 0.15) is 23.1 Å². The van der Waals surface area contributed by atoms with Gasteiger partial charge >= 0.3 is 6.18 Å². The number of aliphatic hydroxyl groups excluding tert-OH is 2. The minimum atomic E-state index is -4.61. The molecule has 0 saturated heterocycles. The van der Waals surface area contributed by atoms with E-state index in [0.29, 0.717) is 16.1 Å². The highest BCUT2D eigenvalue weighted by molar-refractivity contribution is 6.42. The molecule has 0 radical (unpaired) electrons. The predicted octanol–water partition coefficient (Wildman–Crippen LogP) is 4.21. The van der Waals surface area contributed by atoms with Gasteiger partial charge in [0, 0.05) is 0 Å². The average molecular weight is 438 g/mol. The number of halogens is 5. The predicted molar refractivity (Wildman–Crippen MR) is 102 cm³/mol. The van der Waals surface area contributed by atoms with E-state index in [2.05, 4.69) is 0 Å². The van der Waals surface area contributed by atoms with Gasteiger partial charge in [-0.2, -0.15) is 13.2 Å². The van der Waals surface area contributed by atoms with Gasteiger partial charge in [0.05, 0.1) is 34.4 Å². The van der Waals surface area contributed by atoms with E-state index in [9.17, 15) is 23.4 Å². The summed E-state index contributed by atoms with van der Waals surface area (Å²) in [4.78, 5) is 0. The summed E-state index contributed by atoms with van der Waals surface area (Å²) < 4.78 is 45.7. The largest absolute Gasteiger partial charge is 0.488 e. The SMILES string of the molecule is NC(CO)(CO)CCc1ccc(OCc2ccc(Cl)c(Cl)c2)c(C(F)(F)F)c1. The Balaban J connectivity index is 2.18. The van der Waals surface area contributed by atoms with Crippen molar-refractivity contribution < 1.29 is 28.1 Å². The number of aryl methyl sites for hydroxylation is 1. The quantitative estimate of drug-likeness (QED) is 0.578. The minimum Gasteiger partial charge on any atom is -0.488 e. The van der Waals surface area contributed by atoms with Crippen LogP contribution in [0, 0.1) is 0 Å². The number of benzene rings is 2. The zero-order valence-electron chi connectivity index (χ0n) is 14.8. The van der Waals surface area contributed by atoms with Crippen molar-refractivity contribution in [2.24, 2.45) is 5.73 Å². The van der Waals surface area contributed by atoms with Gasteiger partial charge in [0.15, 0.2) is 0 Å². The highest BCUT2D eigenvalue weighted by Gasteiger charge is 2.35. The molecule has 2 aromatic carbocycles. The molecule has 0 aliphatic heterocycles. The lowest BCUT2D eigenvalue weighted by atomic mass is 9.93. The summed E-state index contributed by atoms with van der Waals surface area (Å²) >= 11 is 11.7. The second kappa shape index (κ2) is 9.33. The van der Waals surface area contributed by atoms with Crippen LogP contribution < -0.4 is 10.5 Å². The first-order valence-electron chi connectivity index (χ1n) is 8.35. The van der Waals surface area contributed by atoms with Crippen molar-refractivity contribution in [3.05, 3.63) is 63.1 Å². The lowest BCUT2D eigenvalue weighted by Gasteiger charge is -2.24. The highest BCUT2D eigenvalue weighted by atomic mass is 35.5. The molecule has 0 aliphatic carbocycles. The summed E-state index contributed by atoms with van der Waals surface area (Å²) in [5.74, 6) is -0.314. The lowest BCUT2D eigenvalue weighted by molar-refractivity contribution is -0.139. The lowest BCUT2D eigenvalue weighted by Crippen LogP contribution is -2.47. The van der Waals surface area contributed by atoms with Crippen molar-refractivity contribution >= 4 is 23.2 Å². The molecule has 0 amide bonds. The molecule has 9 heteroatoms. The van der Waals surface area contributed by atoms with Gasteiger partial charge in [-0.05, 0) is 48.2 Å². The van der Waals surface area contributed by atoms with Crippen LogP contribution in [0.5, 0.6) is 5.75 Å². The number of hydrogen-bond acceptors (Lipinski definition) is 4. The zero-order chi connectivity index (χ0) is 20.9. The van der Waals surface area contributed by atoms with Gasteiger partial charge in [-0.15, -0.1) is 0 Å². The average Bonchev–Trinajstić information content (AvgIpc) is 2.66. The van der Waals surface area contributed by atoms with Crippen molar-refractivity contribution in [3.63, 3.8) is 0 Å². The molecule has 0 bridgehead atoms. The van der Waals surface area contributed by atoms with Gasteiger partial charge in [-0.1, -0.05) is 35.3 Å². The Morgan fingerprint density at radius 1 is 0.929 bits per heavy atom. The molecule has 0 heterocycles. The third kappa shape index (κ3) is 5.99. The number of ether oxygens (including phenoxy) is 1. The Morgan fingerprint density at radius 2 is 1.57 bits per heavy atom. The van der Waals surface area contributed by atoms with E-state index in [4.69, 9.17) is 33.7 Å². The molecule has 28 heavy (non-hydrogen) atoms. The van der Waals surface area contributed by atoms with E-state index in [1.165, 1.54) is 24.3 Å². The zero-order valence-corrected chi connectivity index (χ0v) is 16.3. The first-order chi connectivity index (χ1) is 13.1. The number of rotatable bonds is 8. The molecule has 0 aliphatic rings. The Labute approximate surface area is 170 Å². The Hall–Kier alpha value is -1.51. The molecular formula is C19H20Cl2F3NO3. The molecule has 154 valence electrons. The van der Waals surface area contributed by atoms with Gasteiger partial charge in [0.1, 0.15) is 12.4 Å². The standard InChI is InChI=1S/C19H20Cl2F3NO3/c20-15-3-1-13(8-16(15)21)9-28-17-4-2-12(7-14(17)19(22,23)24)5-6-18(25,10-26)11-27/h1-4,7-8,26-27H,5-6,9-11,25H2. The minimum absolute atomic E-state index is 0.111. The Morgan fingerprint density at radius 3 is 2.14 bits per heavy atom. The summed E-state index contributed by atoms with van der Waals surface area (Å²) in [6.07, 6.45) is -4.33. The van der Waals surface area contributed by atoms with Gasteiger partial charge in [-0.25, -0.2) is 0 Å². The van der Waals surface area contributed by atoms with Crippen LogP contribution in [0.25, 0.3) is 0 Å². The highest BCUT2D eigenvalue weighted by Crippen LogP contribution is 2.37. The van der Waals surface area contributed by atoms with Crippen molar-refractivity contribution in [1.29, 1.82) is 0 Å². The second-order valence-electron chi connectivity index (χ2n) is 6.54. The fourth-order valence-corrected chi connectivity index (χ4v) is 2.79. The van der Waals surface area contributed by atoms with E-state index >= 15 is 0 Å². The summed E-state index contributed by atoms with van der Waals surface area (Å²) in [5.41, 5.74) is 4.54. The van der Waals surface area contributed by atoms with Crippen molar-refractivity contribution in [2.45, 2.75) is 31.2 Å². The third-order valence-electron chi connectivity index (χ3n) is 4.27. The normalized spacial score (nSPS) is 12.3. The van der Waals surface area contributed by atoms with Gasteiger partial charge in [-0.3, -0.25) is 0 Å². The molecule has 0 saturated carbocycles. The van der Waals surface area contributed by atoms with Crippen LogP contribution in [0.2, 0.25) is 10.0 Å². The molecule has 0 atom stereocenters. The molecule has 4 N–H and O–H groups in total. The van der Waals surface area contributed by atoms with Crippen LogP contribution in [0.15, 0.2) is 36.4 Å². The number of nitrogens with two attached hydrogens (primary N) is 1. The molecule has 4 nitrogen and oxygen atoms in total. The molecular weight excluding hydrogens is 418 g/mol. The molecule has 0 aromatic heterocycles. The molecule has 0 spiro atoms. The topological polar surface area (TPSA) is 75.7 Å². The van der Waals surface area contributed by atoms with Gasteiger partial charge < -0.3 is 20.7 Å². The van der Waals surface area contributed by atoms with E-state index in [0.717, 1.165) is 6.07 Å². The second-order valence-corrected chi connectivity index (χ2v) is 7.36. The summed E-state index contributed by atoms with van der Waals surface area (Å²) in [5, 5.41) is 19.0. The fourth-order valence-electron chi connectivity index (χ4n) is 2.47. The number of aliphatic hydroxyl groups is 2. The third-order valence-corrected chi connectivity index (χ3v) is 5.01. The van der Waals surface area contributed by atoms with Crippen LogP contribution in [0.3, 0.4) is 0 Å². The van der Waals surface area contributed by atoms with Crippen LogP contribution in [-0.4, -0.2) is 29.0 Å². The number of alkyl halides is 3. The molecule has 2 rings (SSSR count). The van der Waals surface area contributed by atoms with Crippen molar-refractivity contribution in [2.75, 3.05) is 13.2 Å². The van der Waals surface area contributed by atoms with Crippen LogP contribution >= 0.6 is 23.2 Å². The van der Waals surface area contributed by atoms with Crippen molar-refractivity contribution in [3.8, 4) is 5.75 Å². The van der Waals surface area contributed by atoms with E-state index < -0.39 is 30.5 Å². The van der Waals surface area contributed by atoms with Crippen molar-refractivity contribution in [1.82, 2.24) is 0 Å². The monoisotopic (exact) mass is 437 g/mol. The maximum absolute atomic E-state index is 13.5. The Bertz CT molecular complexity index is 811. The Kier molecular flexibility index (Phi) is 7.59. The maximum Gasteiger partial charge on any atom is 0.419 e. The molecule has 0 unspecified atom stereocenters. The van der Waals surface area contributed by atoms with Crippen LogP contribution in [0.4, 0.5) is 13.2 Å². The number of hydrogen-bond donors (Lipinski definition) is 3. The van der Waals surface area contributed by atoms with Crippen LogP contribution in [-0.2, 0) is 19.2 Å². The van der Waals surface area contributed by atoms with Gasteiger partial charge in [0.25, 0.3) is 0 Å². The summed E-state index contributed by atoms with van der Waals surface area (Å²) in [7, 11) is 0. The van der Waals surface area contributed by atoms with E-state index in [1.54, 1.807) is 6.07 Å². The first-order valence-corrected chi connectivity index (χ1v) is 9.11. The fraction of sp³-hybridized carbons (Fsp3) is 0.368. The molecule has 0 fully saturated rings. The maximum atomic E-state index is 13.5. The van der Waals surface area contributed by atoms with E-state index in [-0.39, 0.29) is 30.2 Å².